The predicted molar refractivity (Wildman–Crippen MR) is 75.0 cm³/mol. The molecule has 2 amide bonds. The van der Waals surface area contributed by atoms with Crippen LogP contribution in [0.3, 0.4) is 0 Å². The molecule has 0 spiro atoms. The highest BCUT2D eigenvalue weighted by Gasteiger charge is 2.33. The highest BCUT2D eigenvalue weighted by molar-refractivity contribution is 7.89. The number of carbonyl (C=O) groups excluding carboxylic acids is 2. The summed E-state index contributed by atoms with van der Waals surface area (Å²) in [6.07, 6.45) is 4.03. The van der Waals surface area contributed by atoms with Crippen LogP contribution in [0.5, 0.6) is 0 Å². The molecule has 0 unspecified atom stereocenters. The molecule has 112 valence electrons. The van der Waals surface area contributed by atoms with Crippen molar-refractivity contribution in [1.82, 2.24) is 9.62 Å². The van der Waals surface area contributed by atoms with Gasteiger partial charge in [0.1, 0.15) is 0 Å². The first-order valence-corrected chi connectivity index (χ1v) is 8.35. The van der Waals surface area contributed by atoms with Crippen molar-refractivity contribution < 1.29 is 18.0 Å². The first-order chi connectivity index (χ1) is 9.96. The van der Waals surface area contributed by atoms with Gasteiger partial charge in [-0.05, 0) is 48.9 Å². The van der Waals surface area contributed by atoms with Crippen molar-refractivity contribution in [2.45, 2.75) is 30.6 Å². The largest absolute Gasteiger partial charge is 0.294 e. The Hall–Kier alpha value is -1.73. The van der Waals surface area contributed by atoms with Crippen molar-refractivity contribution in [3.8, 4) is 0 Å². The Morgan fingerprint density at radius 1 is 0.952 bits per heavy atom. The molecule has 7 heteroatoms. The number of benzene rings is 1. The molecule has 1 aliphatic carbocycles. The number of imide groups is 1. The maximum atomic E-state index is 12.6. The summed E-state index contributed by atoms with van der Waals surface area (Å²) < 4.78 is 26.0. The van der Waals surface area contributed by atoms with Crippen LogP contribution in [-0.4, -0.2) is 37.6 Å². The molecule has 1 aromatic carbocycles. The van der Waals surface area contributed by atoms with Crippen LogP contribution in [0.2, 0.25) is 0 Å². The minimum absolute atomic E-state index is 0.158. The van der Waals surface area contributed by atoms with Crippen molar-refractivity contribution >= 4 is 21.8 Å². The molecule has 1 heterocycles. The van der Waals surface area contributed by atoms with Crippen molar-refractivity contribution in [2.24, 2.45) is 0 Å². The average Bonchev–Trinajstić information content (AvgIpc) is 2.45. The number of sulfonamides is 1. The van der Waals surface area contributed by atoms with E-state index >= 15 is 0 Å². The van der Waals surface area contributed by atoms with Crippen LogP contribution in [-0.2, 0) is 32.5 Å². The lowest BCUT2D eigenvalue weighted by atomic mass is 9.92. The van der Waals surface area contributed by atoms with Crippen LogP contribution >= 0.6 is 0 Å². The molecule has 0 radical (unpaired) electrons. The summed E-state index contributed by atoms with van der Waals surface area (Å²) in [5.41, 5.74) is 2.24. The monoisotopic (exact) mass is 308 g/mol. The second kappa shape index (κ2) is 5.23. The molecule has 1 aromatic rings. The first kappa shape index (κ1) is 14.2. The van der Waals surface area contributed by atoms with Crippen LogP contribution < -0.4 is 5.32 Å². The Balaban J connectivity index is 1.94. The van der Waals surface area contributed by atoms with Gasteiger partial charge in [-0.25, -0.2) is 8.42 Å². The zero-order valence-corrected chi connectivity index (χ0v) is 12.3. The first-order valence-electron chi connectivity index (χ1n) is 6.91. The molecule has 0 atom stereocenters. The molecule has 0 bridgehead atoms. The summed E-state index contributed by atoms with van der Waals surface area (Å²) in [5.74, 6) is -1.18. The van der Waals surface area contributed by atoms with Crippen LogP contribution in [0.1, 0.15) is 24.0 Å². The molecule has 1 fully saturated rings. The SMILES string of the molecule is O=C1CN(S(=O)(=O)c2ccc3c(c2)CCCC3)CC(=O)N1. The zero-order chi connectivity index (χ0) is 15.0. The van der Waals surface area contributed by atoms with Crippen molar-refractivity contribution in [2.75, 3.05) is 13.1 Å². The Morgan fingerprint density at radius 2 is 1.57 bits per heavy atom. The number of nitrogens with zero attached hydrogens (tertiary/aromatic N) is 1. The molecule has 21 heavy (non-hydrogen) atoms. The third-order valence-electron chi connectivity index (χ3n) is 3.88. The molecule has 1 saturated heterocycles. The number of fused-ring (bicyclic) bond motifs is 1. The Labute approximate surface area is 123 Å². The van der Waals surface area contributed by atoms with Gasteiger partial charge in [-0.2, -0.15) is 4.31 Å². The van der Waals surface area contributed by atoms with Crippen LogP contribution in [0, 0.1) is 0 Å². The molecule has 6 nitrogen and oxygen atoms in total. The fourth-order valence-corrected chi connectivity index (χ4v) is 4.20. The van der Waals surface area contributed by atoms with Gasteiger partial charge in [0, 0.05) is 0 Å². The van der Waals surface area contributed by atoms with Crippen molar-refractivity contribution in [3.05, 3.63) is 29.3 Å². The summed E-state index contributed by atoms with van der Waals surface area (Å²) in [7, 11) is -3.81. The second-order valence-corrected chi connectivity index (χ2v) is 7.32. The molecular formula is C14H16N2O4S. The van der Waals surface area contributed by atoms with Gasteiger partial charge in [0.15, 0.2) is 0 Å². The van der Waals surface area contributed by atoms with Crippen molar-refractivity contribution in [3.63, 3.8) is 0 Å². The Bertz CT molecular complexity index is 696. The maximum Gasteiger partial charge on any atom is 0.244 e. The number of hydrogen-bond acceptors (Lipinski definition) is 4. The van der Waals surface area contributed by atoms with E-state index in [9.17, 15) is 18.0 Å². The Morgan fingerprint density at radius 3 is 2.24 bits per heavy atom. The van der Waals surface area contributed by atoms with Crippen LogP contribution in [0.15, 0.2) is 23.1 Å². The number of piperazine rings is 1. The van der Waals surface area contributed by atoms with Gasteiger partial charge in [-0.15, -0.1) is 0 Å². The van der Waals surface area contributed by atoms with E-state index in [0.717, 1.165) is 35.6 Å². The third-order valence-corrected chi connectivity index (χ3v) is 5.66. The van der Waals surface area contributed by atoms with E-state index in [0.29, 0.717) is 0 Å². The van der Waals surface area contributed by atoms with Gasteiger partial charge in [-0.3, -0.25) is 14.9 Å². The number of rotatable bonds is 2. The number of carbonyl (C=O) groups is 2. The molecule has 2 aliphatic rings. The van der Waals surface area contributed by atoms with Gasteiger partial charge in [0.05, 0.1) is 18.0 Å². The summed E-state index contributed by atoms with van der Waals surface area (Å²) >= 11 is 0. The van der Waals surface area contributed by atoms with E-state index in [1.165, 1.54) is 5.56 Å². The lowest BCUT2D eigenvalue weighted by Crippen LogP contribution is -2.53. The Kier molecular flexibility index (Phi) is 3.54. The summed E-state index contributed by atoms with van der Waals surface area (Å²) in [4.78, 5) is 22.9. The smallest absolute Gasteiger partial charge is 0.244 e. The minimum Gasteiger partial charge on any atom is -0.294 e. The second-order valence-electron chi connectivity index (χ2n) is 5.38. The van der Waals surface area contributed by atoms with Gasteiger partial charge >= 0.3 is 0 Å². The summed E-state index contributed by atoms with van der Waals surface area (Å²) in [5, 5.41) is 2.10. The quantitative estimate of drug-likeness (QED) is 0.792. The van der Waals surface area contributed by atoms with E-state index < -0.39 is 21.8 Å². The van der Waals surface area contributed by atoms with Crippen LogP contribution in [0.4, 0.5) is 0 Å². The minimum atomic E-state index is -3.81. The highest BCUT2D eigenvalue weighted by atomic mass is 32.2. The molecule has 3 rings (SSSR count). The number of nitrogens with one attached hydrogen (secondary N) is 1. The number of amides is 2. The standard InChI is InChI=1S/C14H16N2O4S/c17-13-8-16(9-14(18)15-13)21(19,20)12-6-5-10-3-1-2-4-11(10)7-12/h5-7H,1-4,8-9H2,(H,15,17,18). The fourth-order valence-electron chi connectivity index (χ4n) is 2.80. The lowest BCUT2D eigenvalue weighted by molar-refractivity contribution is -0.134. The fraction of sp³-hybridized carbons (Fsp3) is 0.429. The van der Waals surface area contributed by atoms with E-state index in [-0.39, 0.29) is 18.0 Å². The van der Waals surface area contributed by atoms with Gasteiger partial charge in [-0.1, -0.05) is 6.07 Å². The molecule has 1 N–H and O–H groups in total. The third kappa shape index (κ3) is 2.71. The topological polar surface area (TPSA) is 83.6 Å². The molecular weight excluding hydrogens is 292 g/mol. The van der Waals surface area contributed by atoms with Gasteiger partial charge in [0.2, 0.25) is 21.8 Å². The van der Waals surface area contributed by atoms with E-state index in [1.54, 1.807) is 12.1 Å². The van der Waals surface area contributed by atoms with E-state index in [4.69, 9.17) is 0 Å². The van der Waals surface area contributed by atoms with Crippen molar-refractivity contribution in [1.29, 1.82) is 0 Å². The summed E-state index contributed by atoms with van der Waals surface area (Å²) in [6, 6.07) is 5.09. The number of hydrogen-bond donors (Lipinski definition) is 1. The lowest BCUT2D eigenvalue weighted by Gasteiger charge is -2.25. The zero-order valence-electron chi connectivity index (χ0n) is 11.5. The molecule has 0 aromatic heterocycles. The van der Waals surface area contributed by atoms with Gasteiger partial charge in [0.25, 0.3) is 0 Å². The van der Waals surface area contributed by atoms with Gasteiger partial charge < -0.3 is 0 Å². The number of aryl methyl sites for hydroxylation is 2. The average molecular weight is 308 g/mol. The highest BCUT2D eigenvalue weighted by Crippen LogP contribution is 2.25. The normalized spacial score (nSPS) is 20.0. The van der Waals surface area contributed by atoms with Crippen LogP contribution in [0.25, 0.3) is 0 Å². The summed E-state index contributed by atoms with van der Waals surface area (Å²) in [6.45, 7) is -0.629. The molecule has 0 saturated carbocycles. The predicted octanol–water partition coefficient (Wildman–Crippen LogP) is 0.212. The van der Waals surface area contributed by atoms with E-state index in [2.05, 4.69) is 5.32 Å². The molecule has 1 aliphatic heterocycles. The van der Waals surface area contributed by atoms with E-state index in [1.807, 2.05) is 6.07 Å². The maximum absolute atomic E-state index is 12.6.